The minimum absolute atomic E-state index is 0.0469. The SMILES string of the molecule is Cc1ccc(C(=O)c2cc(O)c(O)c(F)c2)cc1O. The van der Waals surface area contributed by atoms with E-state index in [9.17, 15) is 19.4 Å². The Bertz CT molecular complexity index is 641. The predicted octanol–water partition coefficient (Wildman–Crippen LogP) is 2.48. The van der Waals surface area contributed by atoms with Crippen LogP contribution < -0.4 is 0 Å². The van der Waals surface area contributed by atoms with Crippen LogP contribution in [0.25, 0.3) is 0 Å². The first kappa shape index (κ1) is 12.9. The molecular formula is C14H11FO4. The van der Waals surface area contributed by atoms with E-state index in [1.165, 1.54) is 12.1 Å². The highest BCUT2D eigenvalue weighted by atomic mass is 19.1. The van der Waals surface area contributed by atoms with Gasteiger partial charge < -0.3 is 15.3 Å². The van der Waals surface area contributed by atoms with E-state index in [-0.39, 0.29) is 16.9 Å². The molecule has 2 aromatic carbocycles. The Morgan fingerprint density at radius 1 is 1.00 bits per heavy atom. The molecule has 0 saturated heterocycles. The molecule has 5 heteroatoms. The molecule has 0 bridgehead atoms. The number of phenolic OH excluding ortho intramolecular Hbond substituents is 3. The maximum Gasteiger partial charge on any atom is 0.194 e. The van der Waals surface area contributed by atoms with Crippen LogP contribution in [0.2, 0.25) is 0 Å². The van der Waals surface area contributed by atoms with Crippen molar-refractivity contribution in [3.8, 4) is 17.2 Å². The van der Waals surface area contributed by atoms with Crippen LogP contribution in [-0.4, -0.2) is 21.1 Å². The van der Waals surface area contributed by atoms with Gasteiger partial charge in [-0.3, -0.25) is 4.79 Å². The Morgan fingerprint density at radius 2 is 1.63 bits per heavy atom. The lowest BCUT2D eigenvalue weighted by atomic mass is 10.0. The molecule has 0 atom stereocenters. The van der Waals surface area contributed by atoms with Gasteiger partial charge in [-0.1, -0.05) is 12.1 Å². The van der Waals surface area contributed by atoms with E-state index < -0.39 is 23.1 Å². The fourth-order valence-corrected chi connectivity index (χ4v) is 1.63. The molecule has 0 fully saturated rings. The van der Waals surface area contributed by atoms with Crippen molar-refractivity contribution >= 4 is 5.78 Å². The van der Waals surface area contributed by atoms with E-state index in [1.807, 2.05) is 0 Å². The topological polar surface area (TPSA) is 77.8 Å². The summed E-state index contributed by atoms with van der Waals surface area (Å²) in [6.07, 6.45) is 0. The molecule has 0 aliphatic rings. The highest BCUT2D eigenvalue weighted by molar-refractivity contribution is 6.09. The second kappa shape index (κ2) is 4.61. The predicted molar refractivity (Wildman–Crippen MR) is 66.0 cm³/mol. The third-order valence-corrected chi connectivity index (χ3v) is 2.78. The molecule has 0 aliphatic heterocycles. The summed E-state index contributed by atoms with van der Waals surface area (Å²) in [6, 6.07) is 6.10. The van der Waals surface area contributed by atoms with E-state index >= 15 is 0 Å². The minimum Gasteiger partial charge on any atom is -0.508 e. The van der Waals surface area contributed by atoms with Crippen LogP contribution in [-0.2, 0) is 0 Å². The number of carbonyl (C=O) groups excluding carboxylic acids is 1. The van der Waals surface area contributed by atoms with Gasteiger partial charge in [-0.25, -0.2) is 4.39 Å². The van der Waals surface area contributed by atoms with Crippen LogP contribution >= 0.6 is 0 Å². The summed E-state index contributed by atoms with van der Waals surface area (Å²) in [6.45, 7) is 1.68. The summed E-state index contributed by atoms with van der Waals surface area (Å²) >= 11 is 0. The van der Waals surface area contributed by atoms with E-state index in [0.717, 1.165) is 12.1 Å². The molecule has 0 aliphatic carbocycles. The largest absolute Gasteiger partial charge is 0.508 e. The highest BCUT2D eigenvalue weighted by Crippen LogP contribution is 2.30. The highest BCUT2D eigenvalue weighted by Gasteiger charge is 2.16. The van der Waals surface area contributed by atoms with Crippen LogP contribution in [0.5, 0.6) is 17.2 Å². The Kier molecular flexibility index (Phi) is 3.12. The van der Waals surface area contributed by atoms with Gasteiger partial charge in [0.1, 0.15) is 5.75 Å². The molecule has 0 radical (unpaired) electrons. The zero-order valence-electron chi connectivity index (χ0n) is 10.0. The zero-order chi connectivity index (χ0) is 14.2. The first-order valence-corrected chi connectivity index (χ1v) is 5.46. The van der Waals surface area contributed by atoms with Crippen LogP contribution in [0.15, 0.2) is 30.3 Å². The molecule has 0 aromatic heterocycles. The molecule has 4 nitrogen and oxygen atoms in total. The summed E-state index contributed by atoms with van der Waals surface area (Å²) < 4.78 is 13.2. The van der Waals surface area contributed by atoms with Gasteiger partial charge in [-0.2, -0.15) is 0 Å². The number of aromatic hydroxyl groups is 3. The van der Waals surface area contributed by atoms with Gasteiger partial charge in [0, 0.05) is 11.1 Å². The standard InChI is InChI=1S/C14H11FO4/c1-7-2-3-8(5-11(7)16)13(18)9-4-10(15)14(19)12(17)6-9/h2-6,16-17,19H,1H3. The second-order valence-electron chi connectivity index (χ2n) is 4.16. The van der Waals surface area contributed by atoms with Crippen molar-refractivity contribution in [1.82, 2.24) is 0 Å². The summed E-state index contributed by atoms with van der Waals surface area (Å²) in [5.74, 6) is -3.30. The lowest BCUT2D eigenvalue weighted by molar-refractivity contribution is 0.103. The average Bonchev–Trinajstić information content (AvgIpc) is 2.37. The number of benzene rings is 2. The third-order valence-electron chi connectivity index (χ3n) is 2.78. The van der Waals surface area contributed by atoms with E-state index in [4.69, 9.17) is 5.11 Å². The fraction of sp³-hybridized carbons (Fsp3) is 0.0714. The Balaban J connectivity index is 2.47. The Hall–Kier alpha value is -2.56. The molecule has 98 valence electrons. The van der Waals surface area contributed by atoms with Crippen LogP contribution in [0.4, 0.5) is 4.39 Å². The third kappa shape index (κ3) is 2.35. The molecule has 0 unspecified atom stereocenters. The number of hydrogen-bond donors (Lipinski definition) is 3. The zero-order valence-corrected chi connectivity index (χ0v) is 10.0. The van der Waals surface area contributed by atoms with E-state index in [1.54, 1.807) is 13.0 Å². The maximum absolute atomic E-state index is 13.2. The lowest BCUT2D eigenvalue weighted by Crippen LogP contribution is -2.02. The van der Waals surface area contributed by atoms with Gasteiger partial charge in [0.2, 0.25) is 0 Å². The molecular weight excluding hydrogens is 251 g/mol. The molecule has 2 aromatic rings. The van der Waals surface area contributed by atoms with Gasteiger partial charge in [-0.05, 0) is 30.7 Å². The van der Waals surface area contributed by atoms with Gasteiger partial charge in [0.15, 0.2) is 23.1 Å². The number of hydrogen-bond acceptors (Lipinski definition) is 4. The van der Waals surface area contributed by atoms with Crippen molar-refractivity contribution in [3.63, 3.8) is 0 Å². The molecule has 0 spiro atoms. The summed E-state index contributed by atoms with van der Waals surface area (Å²) in [4.78, 5) is 12.1. The van der Waals surface area contributed by atoms with Crippen molar-refractivity contribution in [2.24, 2.45) is 0 Å². The minimum atomic E-state index is -1.08. The normalized spacial score (nSPS) is 10.4. The molecule has 19 heavy (non-hydrogen) atoms. The summed E-state index contributed by atoms with van der Waals surface area (Å²) in [5, 5.41) is 27.9. The lowest BCUT2D eigenvalue weighted by Gasteiger charge is -2.06. The molecule has 0 heterocycles. The summed E-state index contributed by atoms with van der Waals surface area (Å²) in [5.41, 5.74) is 0.653. The number of carbonyl (C=O) groups is 1. The number of aryl methyl sites for hydroxylation is 1. The quantitative estimate of drug-likeness (QED) is 0.574. The van der Waals surface area contributed by atoms with Gasteiger partial charge in [0.05, 0.1) is 0 Å². The van der Waals surface area contributed by atoms with Gasteiger partial charge >= 0.3 is 0 Å². The monoisotopic (exact) mass is 262 g/mol. The maximum atomic E-state index is 13.2. The molecule has 0 saturated carbocycles. The average molecular weight is 262 g/mol. The number of ketones is 1. The van der Waals surface area contributed by atoms with Crippen molar-refractivity contribution < 1.29 is 24.5 Å². The van der Waals surface area contributed by atoms with Crippen molar-refractivity contribution in [3.05, 3.63) is 52.8 Å². The van der Waals surface area contributed by atoms with Crippen LogP contribution in [0, 0.1) is 12.7 Å². The molecule has 0 amide bonds. The van der Waals surface area contributed by atoms with Gasteiger partial charge in [-0.15, -0.1) is 0 Å². The van der Waals surface area contributed by atoms with Crippen LogP contribution in [0.1, 0.15) is 21.5 Å². The van der Waals surface area contributed by atoms with Crippen LogP contribution in [0.3, 0.4) is 0 Å². The summed E-state index contributed by atoms with van der Waals surface area (Å²) in [7, 11) is 0. The Morgan fingerprint density at radius 3 is 2.21 bits per heavy atom. The number of halogens is 1. The first-order chi connectivity index (χ1) is 8.90. The Labute approximate surface area is 108 Å². The van der Waals surface area contributed by atoms with Gasteiger partial charge in [0.25, 0.3) is 0 Å². The molecule has 3 N–H and O–H groups in total. The van der Waals surface area contributed by atoms with Crippen molar-refractivity contribution in [2.45, 2.75) is 6.92 Å². The van der Waals surface area contributed by atoms with E-state index in [0.29, 0.717) is 5.56 Å². The second-order valence-corrected chi connectivity index (χ2v) is 4.16. The number of phenols is 3. The smallest absolute Gasteiger partial charge is 0.194 e. The first-order valence-electron chi connectivity index (χ1n) is 5.46. The van der Waals surface area contributed by atoms with E-state index in [2.05, 4.69) is 0 Å². The number of rotatable bonds is 2. The fourth-order valence-electron chi connectivity index (χ4n) is 1.63. The van der Waals surface area contributed by atoms with Crippen molar-refractivity contribution in [2.75, 3.05) is 0 Å². The van der Waals surface area contributed by atoms with Crippen molar-refractivity contribution in [1.29, 1.82) is 0 Å². The molecule has 2 rings (SSSR count).